The van der Waals surface area contributed by atoms with Crippen molar-refractivity contribution in [3.63, 3.8) is 0 Å². The van der Waals surface area contributed by atoms with E-state index in [1.165, 1.54) is 36.4 Å². The zero-order valence-electron chi connectivity index (χ0n) is 16.9. The summed E-state index contributed by atoms with van der Waals surface area (Å²) in [6.07, 6.45) is 0.973. The van der Waals surface area contributed by atoms with Crippen LogP contribution < -0.4 is 5.32 Å². The number of nitro groups is 1. The van der Waals surface area contributed by atoms with Gasteiger partial charge in [0.15, 0.2) is 9.84 Å². The molecule has 0 spiro atoms. The molecule has 0 unspecified atom stereocenters. The molecule has 0 atom stereocenters. The van der Waals surface area contributed by atoms with Crippen molar-refractivity contribution in [2.75, 3.05) is 13.3 Å². The van der Waals surface area contributed by atoms with Gasteiger partial charge in [-0.1, -0.05) is 18.2 Å². The SMILES string of the molecule is CNCc1cc(Cc2c(F)cccc2F)cc(-c2ccc(S(C)(=O)=O)cc2)c1[N+](=O)[O-]. The van der Waals surface area contributed by atoms with Gasteiger partial charge in [0.2, 0.25) is 0 Å². The first-order valence-electron chi connectivity index (χ1n) is 9.30. The van der Waals surface area contributed by atoms with Gasteiger partial charge in [-0.15, -0.1) is 0 Å². The van der Waals surface area contributed by atoms with E-state index in [0.29, 0.717) is 16.7 Å². The zero-order valence-corrected chi connectivity index (χ0v) is 17.7. The van der Waals surface area contributed by atoms with Crippen LogP contribution in [0.4, 0.5) is 14.5 Å². The third-order valence-corrected chi connectivity index (χ3v) is 5.96. The first-order valence-corrected chi connectivity index (χ1v) is 11.2. The summed E-state index contributed by atoms with van der Waals surface area (Å²) in [6.45, 7) is 0.165. The molecule has 31 heavy (non-hydrogen) atoms. The number of nitrogens with one attached hydrogen (secondary N) is 1. The molecule has 1 N–H and O–H groups in total. The monoisotopic (exact) mass is 446 g/mol. The van der Waals surface area contributed by atoms with E-state index in [0.717, 1.165) is 18.4 Å². The van der Waals surface area contributed by atoms with Crippen LogP contribution in [0, 0.1) is 21.7 Å². The number of hydrogen-bond acceptors (Lipinski definition) is 5. The Labute approximate surface area is 178 Å². The van der Waals surface area contributed by atoms with Gasteiger partial charge in [0.05, 0.1) is 15.4 Å². The molecule has 0 aromatic heterocycles. The van der Waals surface area contributed by atoms with E-state index < -0.39 is 26.4 Å². The molecule has 0 aliphatic heterocycles. The highest BCUT2D eigenvalue weighted by atomic mass is 32.2. The summed E-state index contributed by atoms with van der Waals surface area (Å²) < 4.78 is 51.8. The highest BCUT2D eigenvalue weighted by Crippen LogP contribution is 2.36. The number of nitrogens with zero attached hydrogens (tertiary/aromatic N) is 1. The van der Waals surface area contributed by atoms with Crippen molar-refractivity contribution in [2.24, 2.45) is 0 Å². The summed E-state index contributed by atoms with van der Waals surface area (Å²) in [5.74, 6) is -1.40. The molecule has 162 valence electrons. The van der Waals surface area contributed by atoms with Crippen LogP contribution in [0.25, 0.3) is 11.1 Å². The van der Waals surface area contributed by atoms with Crippen molar-refractivity contribution in [2.45, 2.75) is 17.9 Å². The molecule has 0 heterocycles. The van der Waals surface area contributed by atoms with Crippen molar-refractivity contribution in [3.8, 4) is 11.1 Å². The summed E-state index contributed by atoms with van der Waals surface area (Å²) in [4.78, 5) is 11.4. The van der Waals surface area contributed by atoms with Crippen LogP contribution >= 0.6 is 0 Å². The van der Waals surface area contributed by atoms with E-state index in [2.05, 4.69) is 5.32 Å². The fourth-order valence-corrected chi connectivity index (χ4v) is 4.04. The molecule has 6 nitrogen and oxygen atoms in total. The Bertz CT molecular complexity index is 1220. The Morgan fingerprint density at radius 1 is 1.03 bits per heavy atom. The minimum Gasteiger partial charge on any atom is -0.315 e. The summed E-state index contributed by atoms with van der Waals surface area (Å²) in [6, 6.07) is 12.3. The van der Waals surface area contributed by atoms with Gasteiger partial charge in [-0.05, 0) is 54.6 Å². The van der Waals surface area contributed by atoms with Crippen molar-refractivity contribution in [3.05, 3.63) is 93.0 Å². The zero-order chi connectivity index (χ0) is 22.8. The average molecular weight is 446 g/mol. The molecular weight excluding hydrogens is 426 g/mol. The lowest BCUT2D eigenvalue weighted by molar-refractivity contribution is -0.384. The molecule has 0 fully saturated rings. The van der Waals surface area contributed by atoms with Crippen LogP contribution in [0.1, 0.15) is 16.7 Å². The quantitative estimate of drug-likeness (QED) is 0.433. The predicted molar refractivity (Wildman–Crippen MR) is 114 cm³/mol. The van der Waals surface area contributed by atoms with Crippen molar-refractivity contribution < 1.29 is 22.1 Å². The number of rotatable bonds is 7. The average Bonchev–Trinajstić information content (AvgIpc) is 2.70. The minimum absolute atomic E-state index is 0.0823. The third kappa shape index (κ3) is 4.95. The maximum absolute atomic E-state index is 14.2. The molecule has 0 saturated heterocycles. The molecule has 3 rings (SSSR count). The Morgan fingerprint density at radius 2 is 1.65 bits per heavy atom. The Balaban J connectivity index is 2.19. The van der Waals surface area contributed by atoms with E-state index in [4.69, 9.17) is 0 Å². The first kappa shape index (κ1) is 22.5. The fourth-order valence-electron chi connectivity index (χ4n) is 3.41. The van der Waals surface area contributed by atoms with Crippen molar-refractivity contribution in [1.29, 1.82) is 0 Å². The molecule has 0 radical (unpaired) electrons. The Morgan fingerprint density at radius 3 is 2.16 bits per heavy atom. The van der Waals surface area contributed by atoms with Gasteiger partial charge >= 0.3 is 0 Å². The first-order chi connectivity index (χ1) is 14.6. The maximum atomic E-state index is 14.2. The second-order valence-electron chi connectivity index (χ2n) is 7.11. The predicted octanol–water partition coefficient (Wildman–Crippen LogP) is 4.25. The highest BCUT2D eigenvalue weighted by molar-refractivity contribution is 7.90. The van der Waals surface area contributed by atoms with Crippen LogP contribution in [0.3, 0.4) is 0 Å². The highest BCUT2D eigenvalue weighted by Gasteiger charge is 2.23. The van der Waals surface area contributed by atoms with Crippen molar-refractivity contribution >= 4 is 15.5 Å². The lowest BCUT2D eigenvalue weighted by Crippen LogP contribution is -2.10. The van der Waals surface area contributed by atoms with Gasteiger partial charge in [0, 0.05) is 30.3 Å². The van der Waals surface area contributed by atoms with Crippen molar-refractivity contribution in [1.82, 2.24) is 5.32 Å². The van der Waals surface area contributed by atoms with Crippen LogP contribution in [0.15, 0.2) is 59.5 Å². The van der Waals surface area contributed by atoms with Crippen LogP contribution in [-0.4, -0.2) is 26.6 Å². The molecular formula is C22H20F2N2O4S. The van der Waals surface area contributed by atoms with Gasteiger partial charge in [0.25, 0.3) is 5.69 Å². The smallest absolute Gasteiger partial charge is 0.281 e. The van der Waals surface area contributed by atoms with Gasteiger partial charge in [-0.25, -0.2) is 17.2 Å². The lowest BCUT2D eigenvalue weighted by Gasteiger charge is -2.13. The number of benzene rings is 3. The van der Waals surface area contributed by atoms with Gasteiger partial charge < -0.3 is 5.32 Å². The molecule has 0 aliphatic carbocycles. The Hall–Kier alpha value is -3.17. The molecule has 0 aliphatic rings. The normalized spacial score (nSPS) is 11.5. The van der Waals surface area contributed by atoms with Crippen LogP contribution in [0.5, 0.6) is 0 Å². The summed E-state index contributed by atoms with van der Waals surface area (Å²) in [5.41, 5.74) is 1.21. The molecule has 3 aromatic carbocycles. The largest absolute Gasteiger partial charge is 0.315 e. The summed E-state index contributed by atoms with van der Waals surface area (Å²) >= 11 is 0. The lowest BCUT2D eigenvalue weighted by atomic mass is 9.94. The van der Waals surface area contributed by atoms with Crippen LogP contribution in [-0.2, 0) is 22.8 Å². The van der Waals surface area contributed by atoms with Gasteiger partial charge in [-0.3, -0.25) is 10.1 Å². The second kappa shape index (κ2) is 8.91. The minimum atomic E-state index is -3.43. The van der Waals surface area contributed by atoms with Gasteiger partial charge in [0.1, 0.15) is 11.6 Å². The number of sulfone groups is 1. The van der Waals surface area contributed by atoms with E-state index in [1.54, 1.807) is 13.1 Å². The molecule has 0 amide bonds. The van der Waals surface area contributed by atoms with E-state index in [1.807, 2.05) is 0 Å². The third-order valence-electron chi connectivity index (χ3n) is 4.83. The van der Waals surface area contributed by atoms with E-state index in [9.17, 15) is 27.3 Å². The molecule has 0 bridgehead atoms. The summed E-state index contributed by atoms with van der Waals surface area (Å²) in [5, 5.41) is 14.7. The Kier molecular flexibility index (Phi) is 6.47. The van der Waals surface area contributed by atoms with E-state index >= 15 is 0 Å². The molecule has 3 aromatic rings. The molecule has 9 heteroatoms. The van der Waals surface area contributed by atoms with E-state index in [-0.39, 0.29) is 34.7 Å². The number of hydrogen-bond donors (Lipinski definition) is 1. The van der Waals surface area contributed by atoms with Crippen LogP contribution in [0.2, 0.25) is 0 Å². The molecule has 0 saturated carbocycles. The maximum Gasteiger partial charge on any atom is 0.281 e. The fraction of sp³-hybridized carbons (Fsp3) is 0.182. The second-order valence-corrected chi connectivity index (χ2v) is 9.13. The topological polar surface area (TPSA) is 89.3 Å². The number of nitro benzene ring substituents is 1. The summed E-state index contributed by atoms with van der Waals surface area (Å²) in [7, 11) is -1.80. The number of halogens is 2. The standard InChI is InChI=1S/C22H20F2N2O4S/c1-25-13-16-10-14(12-19-20(23)4-3-5-21(19)24)11-18(22(16)26(27)28)15-6-8-17(9-7-15)31(2,29)30/h3-11,25H,12-13H2,1-2H3. The van der Waals surface area contributed by atoms with Gasteiger partial charge in [-0.2, -0.15) is 0 Å².